The molecule has 1 aliphatic heterocycles. The average Bonchev–Trinajstić information content (AvgIpc) is 3.29. The summed E-state index contributed by atoms with van der Waals surface area (Å²) in [6.07, 6.45) is 0.291. The van der Waals surface area contributed by atoms with Crippen LogP contribution < -0.4 is 4.74 Å². The van der Waals surface area contributed by atoms with E-state index in [2.05, 4.69) is 10.1 Å². The van der Waals surface area contributed by atoms with E-state index >= 15 is 0 Å². The van der Waals surface area contributed by atoms with Crippen LogP contribution in [0.5, 0.6) is 5.75 Å². The zero-order valence-electron chi connectivity index (χ0n) is 15.1. The molecule has 0 bridgehead atoms. The van der Waals surface area contributed by atoms with Gasteiger partial charge in [0.25, 0.3) is 0 Å². The normalized spacial score (nSPS) is 16.6. The number of ether oxygens (including phenoxy) is 1. The number of hydrogen-bond donors (Lipinski definition) is 0. The van der Waals surface area contributed by atoms with E-state index in [0.29, 0.717) is 36.0 Å². The Hall–Kier alpha value is -2.93. The summed E-state index contributed by atoms with van der Waals surface area (Å²) in [6.45, 7) is 0.949. The van der Waals surface area contributed by atoms with Gasteiger partial charge in [0.1, 0.15) is 0 Å². The second kappa shape index (κ2) is 7.59. The molecule has 0 spiro atoms. The number of halogens is 2. The van der Waals surface area contributed by atoms with Crippen LogP contribution in [0.25, 0.3) is 11.4 Å². The van der Waals surface area contributed by atoms with Crippen molar-refractivity contribution < 1.29 is 18.4 Å². The van der Waals surface area contributed by atoms with Crippen molar-refractivity contribution >= 4 is 17.5 Å². The average molecular weight is 402 g/mol. The molecule has 2 aromatic carbocycles. The summed E-state index contributed by atoms with van der Waals surface area (Å²) in [4.78, 5) is 18.5. The molecule has 2 heterocycles. The first-order valence-electron chi connectivity index (χ1n) is 8.73. The third-order valence-corrected chi connectivity index (χ3v) is 4.91. The maximum atomic E-state index is 13.9. The fourth-order valence-corrected chi connectivity index (χ4v) is 3.48. The number of methoxy groups -OCH3 is 1. The Morgan fingerprint density at radius 3 is 2.93 bits per heavy atom. The predicted molar refractivity (Wildman–Crippen MR) is 100 cm³/mol. The maximum Gasteiger partial charge on any atom is 0.232 e. The molecule has 0 N–H and O–H groups in total. The highest BCUT2D eigenvalue weighted by Gasteiger charge is 2.34. The van der Waals surface area contributed by atoms with Gasteiger partial charge in [-0.2, -0.15) is 4.98 Å². The van der Waals surface area contributed by atoms with E-state index in [1.807, 2.05) is 18.2 Å². The zero-order chi connectivity index (χ0) is 19.7. The number of likely N-dealkylation sites (tertiary alicyclic amines) is 1. The van der Waals surface area contributed by atoms with Crippen LogP contribution in [-0.4, -0.2) is 34.6 Å². The third-order valence-electron chi connectivity index (χ3n) is 4.68. The summed E-state index contributed by atoms with van der Waals surface area (Å²) in [6, 6.07) is 11.9. The molecule has 144 valence electrons. The van der Waals surface area contributed by atoms with E-state index in [9.17, 15) is 9.18 Å². The Morgan fingerprint density at radius 2 is 2.18 bits per heavy atom. The minimum Gasteiger partial charge on any atom is -0.494 e. The topological polar surface area (TPSA) is 68.5 Å². The van der Waals surface area contributed by atoms with Crippen molar-refractivity contribution in [2.75, 3.05) is 13.7 Å². The quantitative estimate of drug-likeness (QED) is 0.645. The molecule has 28 heavy (non-hydrogen) atoms. The van der Waals surface area contributed by atoms with Crippen molar-refractivity contribution in [3.05, 3.63) is 64.8 Å². The van der Waals surface area contributed by atoms with E-state index in [1.54, 1.807) is 17.0 Å². The summed E-state index contributed by atoms with van der Waals surface area (Å²) in [5.74, 6) is 0.0994. The van der Waals surface area contributed by atoms with Gasteiger partial charge in [0, 0.05) is 30.1 Å². The summed E-state index contributed by atoms with van der Waals surface area (Å²) >= 11 is 6.01. The van der Waals surface area contributed by atoms with Gasteiger partial charge in [-0.05, 0) is 35.9 Å². The summed E-state index contributed by atoms with van der Waals surface area (Å²) in [7, 11) is 1.40. The standard InChI is InChI=1S/C20H17ClFN3O3/c1-27-17-6-5-13(8-16(17)22)19-23-20(28-24-19)14-9-18(26)25(11-14)10-12-3-2-4-15(21)7-12/h2-8,14H,9-11H2,1H3. The van der Waals surface area contributed by atoms with Crippen LogP contribution in [0.4, 0.5) is 4.39 Å². The number of carbonyl (C=O) groups excluding carboxylic acids is 1. The number of rotatable bonds is 5. The highest BCUT2D eigenvalue weighted by Crippen LogP contribution is 2.30. The Morgan fingerprint density at radius 1 is 1.32 bits per heavy atom. The molecule has 0 saturated carbocycles. The van der Waals surface area contributed by atoms with Crippen molar-refractivity contribution in [2.45, 2.75) is 18.9 Å². The second-order valence-electron chi connectivity index (χ2n) is 6.61. The van der Waals surface area contributed by atoms with E-state index in [4.69, 9.17) is 20.9 Å². The lowest BCUT2D eigenvalue weighted by Crippen LogP contribution is -2.24. The van der Waals surface area contributed by atoms with Crippen molar-refractivity contribution in [3.63, 3.8) is 0 Å². The van der Waals surface area contributed by atoms with Gasteiger partial charge in [0.2, 0.25) is 17.6 Å². The SMILES string of the molecule is COc1ccc(-c2noc(C3CC(=O)N(Cc4cccc(Cl)c4)C3)n2)cc1F. The molecule has 1 aliphatic rings. The van der Waals surface area contributed by atoms with E-state index in [0.717, 1.165) is 5.56 Å². The fraction of sp³-hybridized carbons (Fsp3) is 0.250. The number of aromatic nitrogens is 2. The first kappa shape index (κ1) is 18.4. The number of hydrogen-bond acceptors (Lipinski definition) is 5. The van der Waals surface area contributed by atoms with Gasteiger partial charge in [-0.15, -0.1) is 0 Å². The van der Waals surface area contributed by atoms with Gasteiger partial charge in [-0.1, -0.05) is 28.9 Å². The molecule has 4 rings (SSSR count). The number of amides is 1. The first-order chi connectivity index (χ1) is 13.5. The minimum atomic E-state index is -0.505. The van der Waals surface area contributed by atoms with E-state index in [1.165, 1.54) is 19.2 Å². The van der Waals surface area contributed by atoms with Crippen LogP contribution in [0.1, 0.15) is 23.8 Å². The molecule has 3 aromatic rings. The van der Waals surface area contributed by atoms with Crippen LogP contribution >= 0.6 is 11.6 Å². The molecule has 1 unspecified atom stereocenters. The van der Waals surface area contributed by atoms with Crippen LogP contribution in [0.3, 0.4) is 0 Å². The summed E-state index contributed by atoms with van der Waals surface area (Å²) in [5.41, 5.74) is 1.44. The maximum absolute atomic E-state index is 13.9. The number of nitrogens with zero attached hydrogens (tertiary/aromatic N) is 3. The van der Waals surface area contributed by atoms with Gasteiger partial charge in [0.15, 0.2) is 11.6 Å². The van der Waals surface area contributed by atoms with E-state index in [-0.39, 0.29) is 23.4 Å². The lowest BCUT2D eigenvalue weighted by atomic mass is 10.1. The first-order valence-corrected chi connectivity index (χ1v) is 9.11. The largest absolute Gasteiger partial charge is 0.494 e. The molecular formula is C20H17ClFN3O3. The smallest absolute Gasteiger partial charge is 0.232 e. The molecule has 1 amide bonds. The van der Waals surface area contributed by atoms with Crippen LogP contribution in [0.2, 0.25) is 5.02 Å². The predicted octanol–water partition coefficient (Wildman–Crippen LogP) is 4.05. The molecule has 1 atom stereocenters. The molecule has 6 nitrogen and oxygen atoms in total. The lowest BCUT2D eigenvalue weighted by molar-refractivity contribution is -0.128. The lowest BCUT2D eigenvalue weighted by Gasteiger charge is -2.16. The Balaban J connectivity index is 1.48. The molecule has 1 saturated heterocycles. The minimum absolute atomic E-state index is 0.0141. The van der Waals surface area contributed by atoms with Crippen LogP contribution in [0, 0.1) is 5.82 Å². The van der Waals surface area contributed by atoms with Crippen LogP contribution in [-0.2, 0) is 11.3 Å². The van der Waals surface area contributed by atoms with Crippen molar-refractivity contribution in [2.24, 2.45) is 0 Å². The highest BCUT2D eigenvalue weighted by molar-refractivity contribution is 6.30. The third kappa shape index (κ3) is 3.71. The van der Waals surface area contributed by atoms with Gasteiger partial charge in [0.05, 0.1) is 13.0 Å². The fourth-order valence-electron chi connectivity index (χ4n) is 3.27. The van der Waals surface area contributed by atoms with Crippen LogP contribution in [0.15, 0.2) is 47.0 Å². The second-order valence-corrected chi connectivity index (χ2v) is 7.05. The van der Waals surface area contributed by atoms with Crippen molar-refractivity contribution in [1.29, 1.82) is 0 Å². The molecule has 1 aromatic heterocycles. The van der Waals surface area contributed by atoms with Gasteiger partial charge in [-0.3, -0.25) is 4.79 Å². The highest BCUT2D eigenvalue weighted by atomic mass is 35.5. The molecule has 0 aliphatic carbocycles. The van der Waals surface area contributed by atoms with Gasteiger partial charge >= 0.3 is 0 Å². The van der Waals surface area contributed by atoms with Crippen molar-refractivity contribution in [1.82, 2.24) is 15.0 Å². The summed E-state index contributed by atoms with van der Waals surface area (Å²) in [5, 5.41) is 4.57. The Bertz CT molecular complexity index is 1020. The van der Waals surface area contributed by atoms with Gasteiger partial charge < -0.3 is 14.2 Å². The van der Waals surface area contributed by atoms with Gasteiger partial charge in [-0.25, -0.2) is 4.39 Å². The molecule has 8 heteroatoms. The van der Waals surface area contributed by atoms with Crippen molar-refractivity contribution in [3.8, 4) is 17.1 Å². The number of benzene rings is 2. The molecular weight excluding hydrogens is 385 g/mol. The molecule has 0 radical (unpaired) electrons. The van der Waals surface area contributed by atoms with E-state index < -0.39 is 5.82 Å². The Labute approximate surface area is 165 Å². The summed E-state index contributed by atoms with van der Waals surface area (Å²) < 4.78 is 24.2. The number of carbonyl (C=O) groups is 1. The monoisotopic (exact) mass is 401 g/mol. The Kier molecular flexibility index (Phi) is 5.00. The zero-order valence-corrected chi connectivity index (χ0v) is 15.8. The molecule has 1 fully saturated rings.